The highest BCUT2D eigenvalue weighted by Crippen LogP contribution is 2.04. The molecule has 0 bridgehead atoms. The van der Waals surface area contributed by atoms with Crippen LogP contribution in [0.3, 0.4) is 0 Å². The van der Waals surface area contributed by atoms with Gasteiger partial charge in [0.15, 0.2) is 0 Å². The Morgan fingerprint density at radius 3 is 2.80 bits per heavy atom. The molecule has 2 aromatic rings. The normalized spacial score (nSPS) is 10.5. The van der Waals surface area contributed by atoms with E-state index in [1.807, 2.05) is 23.9 Å². The fourth-order valence-corrected chi connectivity index (χ4v) is 1.68. The molecule has 3 nitrogen and oxygen atoms in total. The van der Waals surface area contributed by atoms with E-state index in [0.717, 1.165) is 18.7 Å². The molecule has 3 heteroatoms. The van der Waals surface area contributed by atoms with Crippen molar-refractivity contribution in [1.82, 2.24) is 14.8 Å². The molecule has 2 heterocycles. The van der Waals surface area contributed by atoms with E-state index in [1.54, 1.807) is 6.20 Å². The molecule has 78 valence electrons. The maximum absolute atomic E-state index is 4.42. The van der Waals surface area contributed by atoms with Gasteiger partial charge >= 0.3 is 0 Å². The summed E-state index contributed by atoms with van der Waals surface area (Å²) in [7, 11) is 0. The number of hydrogen-bond acceptors (Lipinski definition) is 2. The zero-order valence-electron chi connectivity index (χ0n) is 9.14. The van der Waals surface area contributed by atoms with Gasteiger partial charge in [0.2, 0.25) is 0 Å². The summed E-state index contributed by atoms with van der Waals surface area (Å²) in [6.45, 7) is 5.03. The summed E-state index contributed by atoms with van der Waals surface area (Å²) in [6, 6.07) is 6.17. The van der Waals surface area contributed by atoms with E-state index in [1.165, 1.54) is 11.3 Å². The Labute approximate surface area is 89.8 Å². The number of aromatic nitrogens is 3. The summed E-state index contributed by atoms with van der Waals surface area (Å²) in [5.41, 5.74) is 3.56. The van der Waals surface area contributed by atoms with Gasteiger partial charge in [-0.15, -0.1) is 0 Å². The molecular weight excluding hydrogens is 186 g/mol. The lowest BCUT2D eigenvalue weighted by atomic mass is 10.2. The molecule has 0 aromatic carbocycles. The molecule has 2 rings (SSSR count). The van der Waals surface area contributed by atoms with E-state index in [-0.39, 0.29) is 0 Å². The number of aryl methyl sites for hydroxylation is 4. The molecule has 0 unspecified atom stereocenters. The molecule has 0 aliphatic carbocycles. The predicted octanol–water partition coefficient (Wildman–Crippen LogP) is 2.14. The Hall–Kier alpha value is -1.64. The minimum absolute atomic E-state index is 0.922. The Bertz CT molecular complexity index is 431. The smallest absolute Gasteiger partial charge is 0.0596 e. The zero-order chi connectivity index (χ0) is 10.7. The van der Waals surface area contributed by atoms with Crippen LogP contribution in [0.4, 0.5) is 0 Å². The quantitative estimate of drug-likeness (QED) is 0.761. The first kappa shape index (κ1) is 9.90. The summed E-state index contributed by atoms with van der Waals surface area (Å²) in [5.74, 6) is 0. The van der Waals surface area contributed by atoms with Gasteiger partial charge in [0.05, 0.1) is 5.69 Å². The summed E-state index contributed by atoms with van der Waals surface area (Å²) in [5, 5.41) is 4.42. The van der Waals surface area contributed by atoms with Crippen molar-refractivity contribution in [3.05, 3.63) is 47.5 Å². The number of hydrogen-bond donors (Lipinski definition) is 0. The van der Waals surface area contributed by atoms with E-state index >= 15 is 0 Å². The van der Waals surface area contributed by atoms with Gasteiger partial charge in [-0.2, -0.15) is 5.10 Å². The highest BCUT2D eigenvalue weighted by molar-refractivity contribution is 5.10. The topological polar surface area (TPSA) is 30.7 Å². The highest BCUT2D eigenvalue weighted by Gasteiger charge is 2.00. The number of rotatable bonds is 3. The van der Waals surface area contributed by atoms with E-state index in [9.17, 15) is 0 Å². The largest absolute Gasteiger partial charge is 0.269 e. The molecule has 0 fully saturated rings. The highest BCUT2D eigenvalue weighted by atomic mass is 15.3. The molecule has 0 aliphatic rings. The van der Waals surface area contributed by atoms with E-state index in [2.05, 4.69) is 29.1 Å². The van der Waals surface area contributed by atoms with Gasteiger partial charge in [-0.25, -0.2) is 0 Å². The first-order valence-corrected chi connectivity index (χ1v) is 5.15. The van der Waals surface area contributed by atoms with Gasteiger partial charge in [0, 0.05) is 24.6 Å². The average Bonchev–Trinajstić information content (AvgIpc) is 2.56. The number of nitrogens with zero attached hydrogens (tertiary/aromatic N) is 3. The van der Waals surface area contributed by atoms with Gasteiger partial charge < -0.3 is 0 Å². The van der Waals surface area contributed by atoms with Crippen LogP contribution in [0.2, 0.25) is 0 Å². The second-order valence-corrected chi connectivity index (χ2v) is 3.76. The summed E-state index contributed by atoms with van der Waals surface area (Å²) >= 11 is 0. The third-order valence-electron chi connectivity index (χ3n) is 2.44. The van der Waals surface area contributed by atoms with E-state index in [0.29, 0.717) is 0 Å². The summed E-state index contributed by atoms with van der Waals surface area (Å²) < 4.78 is 2.04. The summed E-state index contributed by atoms with van der Waals surface area (Å²) in [6.07, 6.45) is 4.69. The molecule has 0 N–H and O–H groups in total. The third kappa shape index (κ3) is 2.43. The lowest BCUT2D eigenvalue weighted by Crippen LogP contribution is -2.05. The Morgan fingerprint density at radius 2 is 2.20 bits per heavy atom. The summed E-state index contributed by atoms with van der Waals surface area (Å²) in [4.78, 5) is 4.09. The minimum atomic E-state index is 0.922. The average molecular weight is 201 g/mol. The van der Waals surface area contributed by atoms with Crippen molar-refractivity contribution in [3.63, 3.8) is 0 Å². The van der Waals surface area contributed by atoms with E-state index in [4.69, 9.17) is 0 Å². The molecule has 0 spiro atoms. The molecular formula is C12H15N3. The second kappa shape index (κ2) is 4.26. The fraction of sp³-hybridized carbons (Fsp3) is 0.333. The first-order valence-electron chi connectivity index (χ1n) is 5.15. The van der Waals surface area contributed by atoms with Gasteiger partial charge in [0.25, 0.3) is 0 Å². The monoisotopic (exact) mass is 201 g/mol. The van der Waals surface area contributed by atoms with Crippen LogP contribution in [0.1, 0.15) is 17.0 Å². The number of pyridine rings is 1. The fourth-order valence-electron chi connectivity index (χ4n) is 1.68. The van der Waals surface area contributed by atoms with Gasteiger partial charge in [0.1, 0.15) is 0 Å². The molecule has 15 heavy (non-hydrogen) atoms. The van der Waals surface area contributed by atoms with Crippen molar-refractivity contribution in [3.8, 4) is 0 Å². The van der Waals surface area contributed by atoms with Crippen LogP contribution in [-0.4, -0.2) is 14.8 Å². The first-order chi connectivity index (χ1) is 7.25. The maximum atomic E-state index is 4.42. The molecule has 0 amide bonds. The minimum Gasteiger partial charge on any atom is -0.269 e. The van der Waals surface area contributed by atoms with Crippen LogP contribution in [0.15, 0.2) is 30.6 Å². The van der Waals surface area contributed by atoms with Crippen molar-refractivity contribution < 1.29 is 0 Å². The zero-order valence-corrected chi connectivity index (χ0v) is 9.14. The van der Waals surface area contributed by atoms with E-state index < -0.39 is 0 Å². The molecule has 0 radical (unpaired) electrons. The standard InChI is InChI=1S/C12H15N3/c1-10-8-11(2)15(14-10)7-5-12-4-3-6-13-9-12/h3-4,6,8-9H,5,7H2,1-2H3. The second-order valence-electron chi connectivity index (χ2n) is 3.76. The molecule has 0 atom stereocenters. The third-order valence-corrected chi connectivity index (χ3v) is 2.44. The lowest BCUT2D eigenvalue weighted by Gasteiger charge is -2.03. The molecule has 0 aliphatic heterocycles. The Balaban J connectivity index is 2.02. The van der Waals surface area contributed by atoms with Gasteiger partial charge in [-0.05, 0) is 38.0 Å². The van der Waals surface area contributed by atoms with Crippen LogP contribution in [0.5, 0.6) is 0 Å². The Kier molecular flexibility index (Phi) is 2.81. The van der Waals surface area contributed by atoms with Crippen LogP contribution >= 0.6 is 0 Å². The van der Waals surface area contributed by atoms with Crippen molar-refractivity contribution in [1.29, 1.82) is 0 Å². The van der Waals surface area contributed by atoms with Crippen LogP contribution in [0.25, 0.3) is 0 Å². The predicted molar refractivity (Wildman–Crippen MR) is 59.6 cm³/mol. The SMILES string of the molecule is Cc1cc(C)n(CCc2cccnc2)n1. The van der Waals surface area contributed by atoms with Gasteiger partial charge in [-0.3, -0.25) is 9.67 Å². The lowest BCUT2D eigenvalue weighted by molar-refractivity contribution is 0.593. The van der Waals surface area contributed by atoms with Crippen molar-refractivity contribution in [2.45, 2.75) is 26.8 Å². The van der Waals surface area contributed by atoms with Crippen molar-refractivity contribution >= 4 is 0 Å². The molecule has 0 saturated heterocycles. The molecule has 2 aromatic heterocycles. The Morgan fingerprint density at radius 1 is 1.33 bits per heavy atom. The van der Waals surface area contributed by atoms with Crippen LogP contribution < -0.4 is 0 Å². The van der Waals surface area contributed by atoms with Crippen LogP contribution in [0, 0.1) is 13.8 Å². The van der Waals surface area contributed by atoms with Crippen molar-refractivity contribution in [2.75, 3.05) is 0 Å². The van der Waals surface area contributed by atoms with Crippen molar-refractivity contribution in [2.24, 2.45) is 0 Å². The molecule has 0 saturated carbocycles. The maximum Gasteiger partial charge on any atom is 0.0596 e. The van der Waals surface area contributed by atoms with Crippen LogP contribution in [-0.2, 0) is 13.0 Å². The van der Waals surface area contributed by atoms with Gasteiger partial charge in [-0.1, -0.05) is 6.07 Å².